The molecule has 2 rings (SSSR count). The van der Waals surface area contributed by atoms with Crippen molar-refractivity contribution >= 4 is 11.6 Å². The number of aryl methyl sites for hydroxylation is 1. The Morgan fingerprint density at radius 1 is 1.71 bits per heavy atom. The third-order valence-corrected chi connectivity index (χ3v) is 3.20. The summed E-state index contributed by atoms with van der Waals surface area (Å²) in [6.45, 7) is 2.12. The first-order chi connectivity index (χ1) is 6.83. The fourth-order valence-corrected chi connectivity index (χ4v) is 2.50. The minimum Gasteiger partial charge on any atom is -0.333 e. The molecule has 0 saturated heterocycles. The molecule has 1 unspecified atom stereocenters. The van der Waals surface area contributed by atoms with Gasteiger partial charge in [0.25, 0.3) is 0 Å². The molecule has 1 atom stereocenters. The molecule has 0 radical (unpaired) electrons. The van der Waals surface area contributed by atoms with Crippen LogP contribution in [0.3, 0.4) is 0 Å². The second kappa shape index (κ2) is 4.32. The maximum Gasteiger partial charge on any atom is 0.150 e. The van der Waals surface area contributed by atoms with E-state index in [9.17, 15) is 0 Å². The Morgan fingerprint density at radius 3 is 3.36 bits per heavy atom. The molecule has 1 N–H and O–H groups in total. The standard InChI is InChI=1S/C10H16ClN3/c1-12-5-4-8-3-2-6-14-7-13-10(11)9(8)14/h7-8,12H,2-6H2,1H3. The molecule has 3 nitrogen and oxygen atoms in total. The minimum atomic E-state index is 0.589. The minimum absolute atomic E-state index is 0.589. The number of nitrogens with one attached hydrogen (secondary N) is 1. The molecule has 14 heavy (non-hydrogen) atoms. The van der Waals surface area contributed by atoms with E-state index in [1.807, 2.05) is 13.4 Å². The van der Waals surface area contributed by atoms with Crippen LogP contribution in [0.4, 0.5) is 0 Å². The number of aromatic nitrogens is 2. The zero-order chi connectivity index (χ0) is 9.97. The summed E-state index contributed by atoms with van der Waals surface area (Å²) in [7, 11) is 1.99. The quantitative estimate of drug-likeness (QED) is 0.833. The number of fused-ring (bicyclic) bond motifs is 1. The van der Waals surface area contributed by atoms with Gasteiger partial charge in [0.15, 0.2) is 5.15 Å². The molecule has 2 heterocycles. The Hall–Kier alpha value is -0.540. The summed E-state index contributed by atoms with van der Waals surface area (Å²) < 4.78 is 2.20. The Bertz CT molecular complexity index is 308. The topological polar surface area (TPSA) is 29.9 Å². The lowest BCUT2D eigenvalue weighted by Gasteiger charge is -2.24. The van der Waals surface area contributed by atoms with Crippen LogP contribution in [0.2, 0.25) is 5.15 Å². The van der Waals surface area contributed by atoms with Gasteiger partial charge >= 0.3 is 0 Å². The van der Waals surface area contributed by atoms with Gasteiger partial charge in [0.2, 0.25) is 0 Å². The number of halogens is 1. The van der Waals surface area contributed by atoms with E-state index in [0.717, 1.165) is 19.5 Å². The predicted octanol–water partition coefficient (Wildman–Crippen LogP) is 2.02. The average Bonchev–Trinajstić information content (AvgIpc) is 2.58. The van der Waals surface area contributed by atoms with E-state index < -0.39 is 0 Å². The van der Waals surface area contributed by atoms with E-state index in [1.54, 1.807) is 0 Å². The number of hydrogen-bond acceptors (Lipinski definition) is 2. The van der Waals surface area contributed by atoms with Crippen LogP contribution in [0.5, 0.6) is 0 Å². The maximum absolute atomic E-state index is 6.08. The van der Waals surface area contributed by atoms with Crippen LogP contribution in [-0.2, 0) is 6.54 Å². The smallest absolute Gasteiger partial charge is 0.150 e. The van der Waals surface area contributed by atoms with E-state index in [2.05, 4.69) is 14.9 Å². The highest BCUT2D eigenvalue weighted by atomic mass is 35.5. The van der Waals surface area contributed by atoms with Crippen molar-refractivity contribution < 1.29 is 0 Å². The zero-order valence-corrected chi connectivity index (χ0v) is 9.22. The van der Waals surface area contributed by atoms with Crippen LogP contribution >= 0.6 is 11.6 Å². The first-order valence-electron chi connectivity index (χ1n) is 5.18. The summed E-state index contributed by atoms with van der Waals surface area (Å²) in [6, 6.07) is 0. The van der Waals surface area contributed by atoms with Crippen molar-refractivity contribution in [2.24, 2.45) is 0 Å². The molecule has 0 fully saturated rings. The van der Waals surface area contributed by atoms with Crippen molar-refractivity contribution in [2.45, 2.75) is 31.7 Å². The highest BCUT2D eigenvalue weighted by molar-refractivity contribution is 6.30. The van der Waals surface area contributed by atoms with Gasteiger partial charge in [-0.3, -0.25) is 0 Å². The molecule has 0 aromatic carbocycles. The molecule has 1 aromatic rings. The summed E-state index contributed by atoms with van der Waals surface area (Å²) in [5.74, 6) is 0.589. The Labute approximate surface area is 89.5 Å². The predicted molar refractivity (Wildman–Crippen MR) is 57.8 cm³/mol. The summed E-state index contributed by atoms with van der Waals surface area (Å²) in [5.41, 5.74) is 1.24. The van der Waals surface area contributed by atoms with Gasteiger partial charge in [-0.2, -0.15) is 0 Å². The number of imidazole rings is 1. The molecule has 0 saturated carbocycles. The van der Waals surface area contributed by atoms with Crippen molar-refractivity contribution in [2.75, 3.05) is 13.6 Å². The highest BCUT2D eigenvalue weighted by Gasteiger charge is 2.23. The lowest BCUT2D eigenvalue weighted by atomic mass is 9.93. The van der Waals surface area contributed by atoms with Crippen molar-refractivity contribution in [3.8, 4) is 0 Å². The molecule has 1 aliphatic rings. The van der Waals surface area contributed by atoms with Gasteiger partial charge in [0, 0.05) is 12.5 Å². The zero-order valence-electron chi connectivity index (χ0n) is 8.46. The van der Waals surface area contributed by atoms with Crippen molar-refractivity contribution in [3.63, 3.8) is 0 Å². The van der Waals surface area contributed by atoms with E-state index in [0.29, 0.717) is 11.1 Å². The molecule has 0 bridgehead atoms. The number of rotatable bonds is 3. The normalized spacial score (nSPS) is 20.9. The second-order valence-corrected chi connectivity index (χ2v) is 4.20. The summed E-state index contributed by atoms with van der Waals surface area (Å²) in [5, 5.41) is 3.88. The van der Waals surface area contributed by atoms with Crippen LogP contribution in [0.1, 0.15) is 30.9 Å². The molecule has 1 aliphatic heterocycles. The fourth-order valence-electron chi connectivity index (χ4n) is 2.19. The molecule has 4 heteroatoms. The molecular formula is C10H16ClN3. The van der Waals surface area contributed by atoms with Crippen molar-refractivity contribution in [1.29, 1.82) is 0 Å². The van der Waals surface area contributed by atoms with Crippen molar-refractivity contribution in [1.82, 2.24) is 14.9 Å². The van der Waals surface area contributed by atoms with Crippen molar-refractivity contribution in [3.05, 3.63) is 17.2 Å². The second-order valence-electron chi connectivity index (χ2n) is 3.85. The van der Waals surface area contributed by atoms with E-state index >= 15 is 0 Å². The Kier molecular flexibility index (Phi) is 3.08. The van der Waals surface area contributed by atoms with E-state index in [1.165, 1.54) is 18.5 Å². The van der Waals surface area contributed by atoms with Crippen LogP contribution in [-0.4, -0.2) is 23.1 Å². The lowest BCUT2D eigenvalue weighted by Crippen LogP contribution is -2.19. The average molecular weight is 214 g/mol. The molecule has 0 amide bonds. The van der Waals surface area contributed by atoms with Gasteiger partial charge in [0.1, 0.15) is 0 Å². The van der Waals surface area contributed by atoms with Gasteiger partial charge in [0.05, 0.1) is 12.0 Å². The first kappa shape index (κ1) is 9.99. The molecule has 0 spiro atoms. The molecular weight excluding hydrogens is 198 g/mol. The Balaban J connectivity index is 2.16. The third-order valence-electron chi connectivity index (χ3n) is 2.91. The number of nitrogens with zero attached hydrogens (tertiary/aromatic N) is 2. The van der Waals surface area contributed by atoms with Gasteiger partial charge in [-0.1, -0.05) is 11.6 Å². The monoisotopic (exact) mass is 213 g/mol. The van der Waals surface area contributed by atoms with E-state index in [-0.39, 0.29) is 0 Å². The van der Waals surface area contributed by atoms with Gasteiger partial charge < -0.3 is 9.88 Å². The molecule has 1 aromatic heterocycles. The third kappa shape index (κ3) is 1.79. The van der Waals surface area contributed by atoms with E-state index in [4.69, 9.17) is 11.6 Å². The highest BCUT2D eigenvalue weighted by Crippen LogP contribution is 2.33. The van der Waals surface area contributed by atoms with Gasteiger partial charge in [-0.25, -0.2) is 4.98 Å². The summed E-state index contributed by atoms with van der Waals surface area (Å²) >= 11 is 6.08. The summed E-state index contributed by atoms with van der Waals surface area (Å²) in [4.78, 5) is 4.16. The summed E-state index contributed by atoms with van der Waals surface area (Å²) in [6.07, 6.45) is 5.51. The largest absolute Gasteiger partial charge is 0.333 e. The maximum atomic E-state index is 6.08. The fraction of sp³-hybridized carbons (Fsp3) is 0.700. The lowest BCUT2D eigenvalue weighted by molar-refractivity contribution is 0.431. The van der Waals surface area contributed by atoms with Crippen LogP contribution in [0, 0.1) is 0 Å². The van der Waals surface area contributed by atoms with Crippen LogP contribution < -0.4 is 5.32 Å². The van der Waals surface area contributed by atoms with Crippen LogP contribution in [0.25, 0.3) is 0 Å². The first-order valence-corrected chi connectivity index (χ1v) is 5.56. The SMILES string of the molecule is CNCCC1CCCn2cnc(Cl)c21. The number of hydrogen-bond donors (Lipinski definition) is 1. The van der Waals surface area contributed by atoms with Gasteiger partial charge in [-0.15, -0.1) is 0 Å². The molecule has 0 aliphatic carbocycles. The molecule has 78 valence electrons. The Morgan fingerprint density at radius 2 is 2.57 bits per heavy atom. The van der Waals surface area contributed by atoms with Crippen LogP contribution in [0.15, 0.2) is 6.33 Å². The van der Waals surface area contributed by atoms with Gasteiger partial charge in [-0.05, 0) is 32.9 Å².